The average molecular weight is 313 g/mol. The molecular formula is C13H21BrN4. The number of aromatic nitrogens is 2. The normalized spacial score (nSPS) is 23.7. The Hall–Kier alpha value is -0.840. The van der Waals surface area contributed by atoms with Gasteiger partial charge in [-0.1, -0.05) is 6.92 Å². The lowest BCUT2D eigenvalue weighted by Crippen LogP contribution is -2.26. The highest BCUT2D eigenvalue weighted by Crippen LogP contribution is 2.28. The SMILES string of the molecule is CCNc1ncc(Br)c(NC2CCC(C)CC2)n1. The van der Waals surface area contributed by atoms with Crippen molar-refractivity contribution in [3.8, 4) is 0 Å². The zero-order valence-electron chi connectivity index (χ0n) is 11.0. The van der Waals surface area contributed by atoms with Gasteiger partial charge in [0.15, 0.2) is 0 Å². The lowest BCUT2D eigenvalue weighted by molar-refractivity contribution is 0.360. The minimum absolute atomic E-state index is 0.543. The number of anilines is 2. The third-order valence-corrected chi connectivity index (χ3v) is 4.02. The molecule has 18 heavy (non-hydrogen) atoms. The van der Waals surface area contributed by atoms with Crippen LogP contribution in [-0.4, -0.2) is 22.6 Å². The summed E-state index contributed by atoms with van der Waals surface area (Å²) in [7, 11) is 0. The fourth-order valence-electron chi connectivity index (χ4n) is 2.31. The molecule has 1 aliphatic carbocycles. The molecule has 5 heteroatoms. The van der Waals surface area contributed by atoms with Crippen molar-refractivity contribution in [2.45, 2.75) is 45.6 Å². The molecule has 0 aliphatic heterocycles. The first-order valence-corrected chi connectivity index (χ1v) is 7.51. The Bertz CT molecular complexity index is 389. The largest absolute Gasteiger partial charge is 0.366 e. The lowest BCUT2D eigenvalue weighted by atomic mass is 9.87. The van der Waals surface area contributed by atoms with E-state index in [1.165, 1.54) is 25.7 Å². The van der Waals surface area contributed by atoms with Crippen LogP contribution < -0.4 is 10.6 Å². The number of nitrogens with one attached hydrogen (secondary N) is 2. The maximum atomic E-state index is 4.49. The number of hydrogen-bond donors (Lipinski definition) is 2. The molecular weight excluding hydrogens is 292 g/mol. The quantitative estimate of drug-likeness (QED) is 0.890. The fraction of sp³-hybridized carbons (Fsp3) is 0.692. The van der Waals surface area contributed by atoms with E-state index in [1.807, 2.05) is 6.92 Å². The molecule has 0 aromatic carbocycles. The van der Waals surface area contributed by atoms with Crippen molar-refractivity contribution in [3.63, 3.8) is 0 Å². The summed E-state index contributed by atoms with van der Waals surface area (Å²) in [6, 6.07) is 0.543. The summed E-state index contributed by atoms with van der Waals surface area (Å²) in [6.07, 6.45) is 6.88. The number of rotatable bonds is 4. The van der Waals surface area contributed by atoms with E-state index in [1.54, 1.807) is 6.20 Å². The molecule has 0 bridgehead atoms. The highest BCUT2D eigenvalue weighted by Gasteiger charge is 2.19. The second kappa shape index (κ2) is 6.36. The van der Waals surface area contributed by atoms with Gasteiger partial charge < -0.3 is 10.6 Å². The van der Waals surface area contributed by atoms with E-state index in [-0.39, 0.29) is 0 Å². The molecule has 1 heterocycles. The Morgan fingerprint density at radius 3 is 2.72 bits per heavy atom. The molecule has 0 radical (unpaired) electrons. The van der Waals surface area contributed by atoms with Gasteiger partial charge in [0.2, 0.25) is 5.95 Å². The predicted molar refractivity (Wildman–Crippen MR) is 78.9 cm³/mol. The van der Waals surface area contributed by atoms with Crippen molar-refractivity contribution in [1.82, 2.24) is 9.97 Å². The van der Waals surface area contributed by atoms with Crippen LogP contribution in [0.2, 0.25) is 0 Å². The van der Waals surface area contributed by atoms with Gasteiger partial charge in [-0.25, -0.2) is 4.98 Å². The molecule has 0 saturated heterocycles. The molecule has 1 fully saturated rings. The van der Waals surface area contributed by atoms with Crippen LogP contribution in [0.3, 0.4) is 0 Å². The van der Waals surface area contributed by atoms with Gasteiger partial charge in [0, 0.05) is 18.8 Å². The molecule has 2 rings (SSSR count). The highest BCUT2D eigenvalue weighted by molar-refractivity contribution is 9.10. The van der Waals surface area contributed by atoms with E-state index in [2.05, 4.69) is 43.5 Å². The summed E-state index contributed by atoms with van der Waals surface area (Å²) >= 11 is 3.50. The van der Waals surface area contributed by atoms with Crippen molar-refractivity contribution in [2.75, 3.05) is 17.2 Å². The lowest BCUT2D eigenvalue weighted by Gasteiger charge is -2.27. The van der Waals surface area contributed by atoms with Crippen LogP contribution in [0.15, 0.2) is 10.7 Å². The highest BCUT2D eigenvalue weighted by atomic mass is 79.9. The first kappa shape index (κ1) is 13.6. The van der Waals surface area contributed by atoms with Gasteiger partial charge >= 0.3 is 0 Å². The first-order valence-electron chi connectivity index (χ1n) is 6.72. The summed E-state index contributed by atoms with van der Waals surface area (Å²) < 4.78 is 0.933. The third kappa shape index (κ3) is 3.57. The molecule has 0 amide bonds. The molecule has 4 nitrogen and oxygen atoms in total. The van der Waals surface area contributed by atoms with Crippen LogP contribution in [0, 0.1) is 5.92 Å². The molecule has 0 unspecified atom stereocenters. The second-order valence-corrected chi connectivity index (χ2v) is 5.88. The van der Waals surface area contributed by atoms with E-state index in [9.17, 15) is 0 Å². The van der Waals surface area contributed by atoms with E-state index in [0.29, 0.717) is 12.0 Å². The van der Waals surface area contributed by atoms with Crippen LogP contribution in [0.1, 0.15) is 39.5 Å². The topological polar surface area (TPSA) is 49.8 Å². The molecule has 100 valence electrons. The summed E-state index contributed by atoms with van der Waals surface area (Å²) in [5.74, 6) is 2.46. The van der Waals surface area contributed by atoms with Gasteiger partial charge in [-0.2, -0.15) is 4.98 Å². The van der Waals surface area contributed by atoms with Crippen LogP contribution in [0.25, 0.3) is 0 Å². The van der Waals surface area contributed by atoms with Gasteiger partial charge in [0.1, 0.15) is 5.82 Å². The van der Waals surface area contributed by atoms with Crippen molar-refractivity contribution in [1.29, 1.82) is 0 Å². The molecule has 0 spiro atoms. The predicted octanol–water partition coefficient (Wildman–Crippen LogP) is 3.66. The Labute approximate surface area is 117 Å². The van der Waals surface area contributed by atoms with Crippen molar-refractivity contribution < 1.29 is 0 Å². The number of hydrogen-bond acceptors (Lipinski definition) is 4. The fourth-order valence-corrected chi connectivity index (χ4v) is 2.61. The van der Waals surface area contributed by atoms with Crippen molar-refractivity contribution in [2.24, 2.45) is 5.92 Å². The Morgan fingerprint density at radius 1 is 1.33 bits per heavy atom. The van der Waals surface area contributed by atoms with Crippen LogP contribution in [0.5, 0.6) is 0 Å². The number of nitrogens with zero attached hydrogens (tertiary/aromatic N) is 2. The summed E-state index contributed by atoms with van der Waals surface area (Å²) in [5, 5.41) is 6.67. The zero-order valence-corrected chi connectivity index (χ0v) is 12.6. The van der Waals surface area contributed by atoms with Crippen molar-refractivity contribution in [3.05, 3.63) is 10.7 Å². The monoisotopic (exact) mass is 312 g/mol. The first-order chi connectivity index (χ1) is 8.69. The Balaban J connectivity index is 2.01. The smallest absolute Gasteiger partial charge is 0.224 e. The standard InChI is InChI=1S/C13H21BrN4/c1-3-15-13-16-8-11(14)12(18-13)17-10-6-4-9(2)5-7-10/h8-10H,3-7H2,1-2H3,(H2,15,16,17,18). The minimum Gasteiger partial charge on any atom is -0.366 e. The van der Waals surface area contributed by atoms with E-state index >= 15 is 0 Å². The number of halogens is 1. The third-order valence-electron chi connectivity index (χ3n) is 3.44. The molecule has 1 aromatic rings. The van der Waals surface area contributed by atoms with E-state index in [4.69, 9.17) is 0 Å². The zero-order chi connectivity index (χ0) is 13.0. The molecule has 1 saturated carbocycles. The van der Waals surface area contributed by atoms with Crippen LogP contribution in [0.4, 0.5) is 11.8 Å². The maximum absolute atomic E-state index is 4.49. The summed E-state index contributed by atoms with van der Waals surface area (Å²) in [4.78, 5) is 8.72. The minimum atomic E-state index is 0.543. The van der Waals surface area contributed by atoms with Crippen LogP contribution in [-0.2, 0) is 0 Å². The van der Waals surface area contributed by atoms with E-state index < -0.39 is 0 Å². The van der Waals surface area contributed by atoms with Crippen molar-refractivity contribution >= 4 is 27.7 Å². The van der Waals surface area contributed by atoms with Gasteiger partial charge in [-0.05, 0) is 54.5 Å². The molecule has 0 atom stereocenters. The summed E-state index contributed by atoms with van der Waals surface area (Å²) in [5.41, 5.74) is 0. The Morgan fingerprint density at radius 2 is 2.06 bits per heavy atom. The Kier molecular flexibility index (Phi) is 4.80. The average Bonchev–Trinajstić information content (AvgIpc) is 2.36. The molecule has 1 aliphatic rings. The molecule has 2 N–H and O–H groups in total. The van der Waals surface area contributed by atoms with Gasteiger partial charge in [-0.3, -0.25) is 0 Å². The molecule has 1 aromatic heterocycles. The maximum Gasteiger partial charge on any atom is 0.224 e. The summed E-state index contributed by atoms with van der Waals surface area (Å²) in [6.45, 7) is 5.21. The van der Waals surface area contributed by atoms with Gasteiger partial charge in [0.25, 0.3) is 0 Å². The van der Waals surface area contributed by atoms with Gasteiger partial charge in [0.05, 0.1) is 4.47 Å². The van der Waals surface area contributed by atoms with Gasteiger partial charge in [-0.15, -0.1) is 0 Å². The van der Waals surface area contributed by atoms with E-state index in [0.717, 1.165) is 22.8 Å². The second-order valence-electron chi connectivity index (χ2n) is 5.02. The van der Waals surface area contributed by atoms with Crippen LogP contribution >= 0.6 is 15.9 Å².